The number of aromatic nitrogens is 5. The van der Waals surface area contributed by atoms with Crippen molar-refractivity contribution in [1.82, 2.24) is 35.1 Å². The van der Waals surface area contributed by atoms with Gasteiger partial charge in [-0.25, -0.2) is 28.7 Å². The molecule has 1 atom stereocenters. The first-order chi connectivity index (χ1) is 16.4. The molecule has 1 aliphatic rings. The second-order valence-electron chi connectivity index (χ2n) is 8.67. The Bertz CT molecular complexity index is 1330. The monoisotopic (exact) mass is 464 g/mol. The molecule has 3 N–H and O–H groups in total. The zero-order valence-corrected chi connectivity index (χ0v) is 19.2. The van der Waals surface area contributed by atoms with E-state index in [9.17, 15) is 8.78 Å². The topological polar surface area (TPSA) is 92.6 Å². The fourth-order valence-electron chi connectivity index (χ4n) is 4.39. The van der Waals surface area contributed by atoms with Crippen molar-refractivity contribution in [2.24, 2.45) is 0 Å². The van der Waals surface area contributed by atoms with Gasteiger partial charge in [0, 0.05) is 55.2 Å². The molecule has 3 aromatic heterocycles. The lowest BCUT2D eigenvalue weighted by molar-refractivity contribution is 0.428. The lowest BCUT2D eigenvalue weighted by Crippen LogP contribution is -2.42. The number of nitrogens with one attached hydrogen (secondary N) is 3. The highest BCUT2D eigenvalue weighted by atomic mass is 19.1. The van der Waals surface area contributed by atoms with Gasteiger partial charge in [0.2, 0.25) is 5.95 Å². The molecule has 1 fully saturated rings. The SMILES string of the molecule is Cc1nc2c(F)cc(-c3cc(Nc4ncc(C5CNCCN5)cn4)ncc3F)cc2n1C(C)C. The maximum absolute atomic E-state index is 14.9. The van der Waals surface area contributed by atoms with Crippen LogP contribution in [-0.2, 0) is 0 Å². The zero-order chi connectivity index (χ0) is 23.8. The molecule has 0 spiro atoms. The molecule has 176 valence electrons. The Labute approximate surface area is 195 Å². The summed E-state index contributed by atoms with van der Waals surface area (Å²) in [4.78, 5) is 17.2. The van der Waals surface area contributed by atoms with Crippen molar-refractivity contribution in [3.63, 3.8) is 0 Å². The van der Waals surface area contributed by atoms with E-state index in [1.165, 1.54) is 12.1 Å². The van der Waals surface area contributed by atoms with Crippen molar-refractivity contribution in [2.75, 3.05) is 25.0 Å². The van der Waals surface area contributed by atoms with Gasteiger partial charge in [0.15, 0.2) is 5.82 Å². The summed E-state index contributed by atoms with van der Waals surface area (Å²) in [6.45, 7) is 8.47. The molecular formula is C24H26F2N8. The van der Waals surface area contributed by atoms with Crippen LogP contribution in [-0.4, -0.2) is 44.1 Å². The summed E-state index contributed by atoms with van der Waals surface area (Å²) in [5, 5.41) is 9.75. The third-order valence-corrected chi connectivity index (χ3v) is 5.96. The predicted octanol–water partition coefficient (Wildman–Crippen LogP) is 4.03. The van der Waals surface area contributed by atoms with E-state index in [2.05, 4.69) is 35.9 Å². The van der Waals surface area contributed by atoms with Crippen LogP contribution in [0.2, 0.25) is 0 Å². The van der Waals surface area contributed by atoms with Gasteiger partial charge in [0.1, 0.15) is 23.0 Å². The number of aryl methyl sites for hydroxylation is 1. The highest BCUT2D eigenvalue weighted by molar-refractivity contribution is 5.84. The quantitative estimate of drug-likeness (QED) is 0.411. The van der Waals surface area contributed by atoms with Gasteiger partial charge in [0.05, 0.1) is 11.7 Å². The Morgan fingerprint density at radius 2 is 1.82 bits per heavy atom. The van der Waals surface area contributed by atoms with Crippen LogP contribution in [0.5, 0.6) is 0 Å². The van der Waals surface area contributed by atoms with Crippen molar-refractivity contribution in [3.8, 4) is 11.1 Å². The van der Waals surface area contributed by atoms with E-state index in [1.807, 2.05) is 25.3 Å². The molecule has 0 aliphatic carbocycles. The minimum absolute atomic E-state index is 0.0823. The highest BCUT2D eigenvalue weighted by Crippen LogP contribution is 2.32. The molecule has 1 aromatic carbocycles. The number of fused-ring (bicyclic) bond motifs is 1. The normalized spacial score (nSPS) is 16.4. The summed E-state index contributed by atoms with van der Waals surface area (Å²) < 4.78 is 31.6. The molecule has 0 radical (unpaired) electrons. The molecule has 1 aliphatic heterocycles. The van der Waals surface area contributed by atoms with Crippen LogP contribution in [0.15, 0.2) is 36.8 Å². The molecule has 1 unspecified atom stereocenters. The number of nitrogens with zero attached hydrogens (tertiary/aromatic N) is 5. The molecule has 1 saturated heterocycles. The smallest absolute Gasteiger partial charge is 0.228 e. The minimum atomic E-state index is -0.552. The van der Waals surface area contributed by atoms with E-state index in [0.29, 0.717) is 28.7 Å². The Morgan fingerprint density at radius 3 is 2.53 bits per heavy atom. The second kappa shape index (κ2) is 9.03. The van der Waals surface area contributed by atoms with E-state index < -0.39 is 11.6 Å². The standard InChI is InChI=1S/C24H26F2N8/c1-13(2)34-14(3)32-23-18(25)6-15(7-21(23)34)17-8-22(29-11-19(17)26)33-24-30-9-16(10-31-24)20-12-27-4-5-28-20/h6-11,13,20,27-28H,4-5,12H2,1-3H3,(H,29,30,31,33). The molecule has 4 aromatic rings. The number of benzene rings is 1. The van der Waals surface area contributed by atoms with Gasteiger partial charge >= 0.3 is 0 Å². The van der Waals surface area contributed by atoms with Gasteiger partial charge in [-0.3, -0.25) is 0 Å². The molecule has 0 saturated carbocycles. The third-order valence-electron chi connectivity index (χ3n) is 5.96. The first kappa shape index (κ1) is 22.3. The average Bonchev–Trinajstić information content (AvgIpc) is 3.18. The van der Waals surface area contributed by atoms with E-state index in [4.69, 9.17) is 0 Å². The average molecular weight is 465 g/mol. The summed E-state index contributed by atoms with van der Waals surface area (Å²) in [6, 6.07) is 4.84. The van der Waals surface area contributed by atoms with Gasteiger partial charge in [-0.05, 0) is 44.5 Å². The van der Waals surface area contributed by atoms with Crippen LogP contribution >= 0.6 is 0 Å². The number of imidazole rings is 1. The van der Waals surface area contributed by atoms with Crippen LogP contribution in [0.25, 0.3) is 22.2 Å². The number of piperazine rings is 1. The summed E-state index contributed by atoms with van der Waals surface area (Å²) in [5.74, 6) is 0.357. The first-order valence-electron chi connectivity index (χ1n) is 11.3. The van der Waals surface area contributed by atoms with Crippen LogP contribution in [0.4, 0.5) is 20.5 Å². The fraction of sp³-hybridized carbons (Fsp3) is 0.333. The Kier molecular flexibility index (Phi) is 5.93. The van der Waals surface area contributed by atoms with Crippen molar-refractivity contribution < 1.29 is 8.78 Å². The lowest BCUT2D eigenvalue weighted by Gasteiger charge is -2.24. The largest absolute Gasteiger partial charge is 0.326 e. The summed E-state index contributed by atoms with van der Waals surface area (Å²) in [6.07, 6.45) is 4.61. The van der Waals surface area contributed by atoms with E-state index >= 15 is 0 Å². The zero-order valence-electron chi connectivity index (χ0n) is 19.2. The first-order valence-corrected chi connectivity index (χ1v) is 11.3. The van der Waals surface area contributed by atoms with Gasteiger partial charge in [-0.15, -0.1) is 0 Å². The van der Waals surface area contributed by atoms with Crippen LogP contribution < -0.4 is 16.0 Å². The van der Waals surface area contributed by atoms with Gasteiger partial charge < -0.3 is 20.5 Å². The number of hydrogen-bond donors (Lipinski definition) is 3. The van der Waals surface area contributed by atoms with Crippen molar-refractivity contribution >= 4 is 22.8 Å². The van der Waals surface area contributed by atoms with E-state index in [-0.39, 0.29) is 23.2 Å². The minimum Gasteiger partial charge on any atom is -0.326 e. The van der Waals surface area contributed by atoms with Crippen molar-refractivity contribution in [1.29, 1.82) is 0 Å². The Morgan fingerprint density at radius 1 is 1.03 bits per heavy atom. The van der Waals surface area contributed by atoms with Gasteiger partial charge in [0.25, 0.3) is 0 Å². The van der Waals surface area contributed by atoms with Gasteiger partial charge in [-0.2, -0.15) is 0 Å². The predicted molar refractivity (Wildman–Crippen MR) is 127 cm³/mol. The molecule has 0 amide bonds. The Hall–Kier alpha value is -3.50. The van der Waals surface area contributed by atoms with Crippen LogP contribution in [0.1, 0.15) is 37.3 Å². The van der Waals surface area contributed by atoms with E-state index in [0.717, 1.165) is 31.4 Å². The molecule has 8 nitrogen and oxygen atoms in total. The summed E-state index contributed by atoms with van der Waals surface area (Å²) >= 11 is 0. The van der Waals surface area contributed by atoms with Crippen molar-refractivity contribution in [2.45, 2.75) is 32.9 Å². The molecule has 34 heavy (non-hydrogen) atoms. The molecule has 4 heterocycles. The summed E-state index contributed by atoms with van der Waals surface area (Å²) in [7, 11) is 0. The van der Waals surface area contributed by atoms with Crippen LogP contribution in [0, 0.1) is 18.6 Å². The van der Waals surface area contributed by atoms with Crippen molar-refractivity contribution in [3.05, 3.63) is 59.8 Å². The second-order valence-corrected chi connectivity index (χ2v) is 8.67. The Balaban J connectivity index is 1.45. The summed E-state index contributed by atoms with van der Waals surface area (Å²) in [5.41, 5.74) is 2.51. The van der Waals surface area contributed by atoms with E-state index in [1.54, 1.807) is 18.5 Å². The number of anilines is 2. The number of halogens is 2. The molecular weight excluding hydrogens is 438 g/mol. The fourth-order valence-corrected chi connectivity index (χ4v) is 4.39. The molecule has 10 heteroatoms. The highest BCUT2D eigenvalue weighted by Gasteiger charge is 2.18. The van der Waals surface area contributed by atoms with Gasteiger partial charge in [-0.1, -0.05) is 0 Å². The maximum Gasteiger partial charge on any atom is 0.228 e. The maximum atomic E-state index is 14.9. The number of pyridine rings is 1. The van der Waals surface area contributed by atoms with Crippen LogP contribution in [0.3, 0.4) is 0 Å². The number of rotatable bonds is 5. The third kappa shape index (κ3) is 4.22. The molecule has 5 rings (SSSR count). The molecule has 0 bridgehead atoms. The lowest BCUT2D eigenvalue weighted by atomic mass is 10.0. The number of hydrogen-bond acceptors (Lipinski definition) is 7.